The number of para-hydroxylation sites is 1. The first kappa shape index (κ1) is 15.3. The van der Waals surface area contributed by atoms with Gasteiger partial charge in [-0.25, -0.2) is 16.8 Å². The number of hydrogen-bond acceptors (Lipinski definition) is 6. The molecule has 1 aromatic carbocycles. The molecule has 2 N–H and O–H groups in total. The Bertz CT molecular complexity index is 635. The number of hydrogen-bond donors (Lipinski definition) is 1. The SMILES string of the molecule is CS(=O)(=O)CCSc1cccc(S(C)(=O)=O)c1N. The lowest BCUT2D eigenvalue weighted by Gasteiger charge is -2.08. The van der Waals surface area contributed by atoms with Crippen LogP contribution < -0.4 is 5.73 Å². The van der Waals surface area contributed by atoms with Crippen molar-refractivity contribution in [2.75, 3.05) is 29.8 Å². The standard InChI is InChI=1S/C10H15NO4S3/c1-17(12,13)7-6-16-8-4-3-5-9(10(8)11)18(2,14)15/h3-5H,6-7,11H2,1-2H3. The number of thioether (sulfide) groups is 1. The van der Waals surface area contributed by atoms with Crippen molar-refractivity contribution in [1.29, 1.82) is 0 Å². The average Bonchev–Trinajstić information content (AvgIpc) is 2.17. The minimum Gasteiger partial charge on any atom is -0.397 e. The molecule has 102 valence electrons. The molecule has 0 aliphatic rings. The molecule has 0 aliphatic carbocycles. The Hall–Kier alpha value is -0.730. The molecule has 8 heteroatoms. The molecule has 5 nitrogen and oxygen atoms in total. The maximum absolute atomic E-state index is 11.5. The number of nitrogen functional groups attached to an aromatic ring is 1. The molecule has 0 aromatic heterocycles. The molecule has 0 radical (unpaired) electrons. The van der Waals surface area contributed by atoms with Crippen LogP contribution in [0.15, 0.2) is 28.0 Å². The zero-order valence-corrected chi connectivity index (χ0v) is 12.5. The van der Waals surface area contributed by atoms with Gasteiger partial charge in [-0.2, -0.15) is 0 Å². The third kappa shape index (κ3) is 4.51. The second kappa shape index (κ2) is 5.50. The maximum Gasteiger partial charge on any atom is 0.177 e. The van der Waals surface area contributed by atoms with Crippen LogP contribution in [0.4, 0.5) is 5.69 Å². The van der Waals surface area contributed by atoms with Gasteiger partial charge in [0.25, 0.3) is 0 Å². The topological polar surface area (TPSA) is 94.3 Å². The third-order valence-electron chi connectivity index (χ3n) is 2.14. The number of nitrogens with two attached hydrogens (primary N) is 1. The van der Waals surface area contributed by atoms with Gasteiger partial charge >= 0.3 is 0 Å². The molecule has 0 amide bonds. The van der Waals surface area contributed by atoms with Crippen LogP contribution in [0.2, 0.25) is 0 Å². The van der Waals surface area contributed by atoms with E-state index >= 15 is 0 Å². The van der Waals surface area contributed by atoms with Crippen LogP contribution in [0.25, 0.3) is 0 Å². The fourth-order valence-electron chi connectivity index (χ4n) is 1.28. The Balaban J connectivity index is 2.92. The van der Waals surface area contributed by atoms with E-state index in [-0.39, 0.29) is 16.3 Å². The molecule has 0 saturated carbocycles. The largest absolute Gasteiger partial charge is 0.397 e. The Morgan fingerprint density at radius 2 is 1.78 bits per heavy atom. The van der Waals surface area contributed by atoms with E-state index in [2.05, 4.69) is 0 Å². The summed E-state index contributed by atoms with van der Waals surface area (Å²) in [6.07, 6.45) is 2.24. The van der Waals surface area contributed by atoms with E-state index in [4.69, 9.17) is 5.73 Å². The summed E-state index contributed by atoms with van der Waals surface area (Å²) in [5.41, 5.74) is 5.95. The summed E-state index contributed by atoms with van der Waals surface area (Å²) in [5, 5.41) is 0. The highest BCUT2D eigenvalue weighted by molar-refractivity contribution is 8.00. The number of anilines is 1. The minimum absolute atomic E-state index is 0.0280. The van der Waals surface area contributed by atoms with Crippen molar-refractivity contribution >= 4 is 37.1 Å². The molecular weight excluding hydrogens is 294 g/mol. The Labute approximate surface area is 112 Å². The van der Waals surface area contributed by atoms with E-state index in [1.54, 1.807) is 12.1 Å². The first-order valence-corrected chi connectivity index (χ1v) is 9.94. The van der Waals surface area contributed by atoms with Gasteiger partial charge in [0.15, 0.2) is 9.84 Å². The van der Waals surface area contributed by atoms with Crippen molar-refractivity contribution in [3.05, 3.63) is 18.2 Å². The van der Waals surface area contributed by atoms with Crippen LogP contribution in [-0.4, -0.2) is 40.9 Å². The Morgan fingerprint density at radius 1 is 1.17 bits per heavy atom. The maximum atomic E-state index is 11.5. The van der Waals surface area contributed by atoms with Crippen molar-refractivity contribution in [2.45, 2.75) is 9.79 Å². The zero-order chi connectivity index (χ0) is 14.0. The van der Waals surface area contributed by atoms with E-state index in [1.807, 2.05) is 0 Å². The second-order valence-electron chi connectivity index (χ2n) is 3.92. The van der Waals surface area contributed by atoms with E-state index in [0.717, 1.165) is 12.5 Å². The van der Waals surface area contributed by atoms with Crippen LogP contribution in [0.5, 0.6) is 0 Å². The van der Waals surface area contributed by atoms with Crippen LogP contribution >= 0.6 is 11.8 Å². The smallest absolute Gasteiger partial charge is 0.177 e. The van der Waals surface area contributed by atoms with Gasteiger partial charge in [-0.05, 0) is 12.1 Å². The third-order valence-corrected chi connectivity index (χ3v) is 5.57. The predicted octanol–water partition coefficient (Wildman–Crippen LogP) is 0.809. The lowest BCUT2D eigenvalue weighted by Crippen LogP contribution is -2.06. The molecule has 0 atom stereocenters. The molecule has 0 unspecified atom stereocenters. The molecular formula is C10H15NO4S3. The van der Waals surface area contributed by atoms with Crippen LogP contribution in [-0.2, 0) is 19.7 Å². The predicted molar refractivity (Wildman–Crippen MR) is 74.4 cm³/mol. The lowest BCUT2D eigenvalue weighted by atomic mass is 10.3. The van der Waals surface area contributed by atoms with E-state index in [1.165, 1.54) is 17.8 Å². The summed E-state index contributed by atoms with van der Waals surface area (Å²) in [6, 6.07) is 4.71. The molecule has 0 aliphatic heterocycles. The fourth-order valence-corrected chi connectivity index (χ4v) is 4.38. The Kier molecular flexibility index (Phi) is 4.68. The van der Waals surface area contributed by atoms with E-state index < -0.39 is 19.7 Å². The molecule has 0 fully saturated rings. The van der Waals surface area contributed by atoms with Gasteiger partial charge in [-0.1, -0.05) is 6.07 Å². The zero-order valence-electron chi connectivity index (χ0n) is 10.1. The summed E-state index contributed by atoms with van der Waals surface area (Å²) in [5.74, 6) is 0.371. The summed E-state index contributed by atoms with van der Waals surface area (Å²) in [6.45, 7) is 0. The molecule has 18 heavy (non-hydrogen) atoms. The summed E-state index contributed by atoms with van der Waals surface area (Å²) >= 11 is 1.24. The summed E-state index contributed by atoms with van der Waals surface area (Å²) < 4.78 is 44.9. The van der Waals surface area contributed by atoms with Gasteiger partial charge < -0.3 is 5.73 Å². The lowest BCUT2D eigenvalue weighted by molar-refractivity contribution is 0.600. The van der Waals surface area contributed by atoms with Gasteiger partial charge in [0, 0.05) is 23.2 Å². The fraction of sp³-hybridized carbons (Fsp3) is 0.400. The minimum atomic E-state index is -3.37. The van der Waals surface area contributed by atoms with Crippen LogP contribution in [0.3, 0.4) is 0 Å². The monoisotopic (exact) mass is 309 g/mol. The van der Waals surface area contributed by atoms with Gasteiger partial charge in [0.05, 0.1) is 16.3 Å². The molecule has 1 rings (SSSR count). The number of sulfone groups is 2. The van der Waals surface area contributed by atoms with Crippen molar-refractivity contribution < 1.29 is 16.8 Å². The highest BCUT2D eigenvalue weighted by Crippen LogP contribution is 2.30. The van der Waals surface area contributed by atoms with Crippen molar-refractivity contribution in [1.82, 2.24) is 0 Å². The molecule has 0 spiro atoms. The summed E-state index contributed by atoms with van der Waals surface area (Å²) in [7, 11) is -6.39. The van der Waals surface area contributed by atoms with Crippen molar-refractivity contribution in [3.63, 3.8) is 0 Å². The highest BCUT2D eigenvalue weighted by atomic mass is 32.2. The van der Waals surface area contributed by atoms with Crippen molar-refractivity contribution in [2.24, 2.45) is 0 Å². The summed E-state index contributed by atoms with van der Waals surface area (Å²) in [4.78, 5) is 0.661. The van der Waals surface area contributed by atoms with Gasteiger partial charge in [-0.3, -0.25) is 0 Å². The van der Waals surface area contributed by atoms with Crippen LogP contribution in [0.1, 0.15) is 0 Å². The van der Waals surface area contributed by atoms with Gasteiger partial charge in [0.1, 0.15) is 9.84 Å². The Morgan fingerprint density at radius 3 is 2.28 bits per heavy atom. The highest BCUT2D eigenvalue weighted by Gasteiger charge is 2.14. The average molecular weight is 309 g/mol. The first-order valence-electron chi connectivity index (χ1n) is 5.00. The van der Waals surface area contributed by atoms with Crippen LogP contribution in [0, 0.1) is 0 Å². The molecule has 1 aromatic rings. The quantitative estimate of drug-likeness (QED) is 0.639. The first-order chi connectivity index (χ1) is 8.11. The molecule has 0 heterocycles. The van der Waals surface area contributed by atoms with Gasteiger partial charge in [-0.15, -0.1) is 11.8 Å². The van der Waals surface area contributed by atoms with E-state index in [9.17, 15) is 16.8 Å². The number of rotatable bonds is 5. The normalized spacial score (nSPS) is 12.6. The van der Waals surface area contributed by atoms with Gasteiger partial charge in [0.2, 0.25) is 0 Å². The van der Waals surface area contributed by atoms with Crippen molar-refractivity contribution in [3.8, 4) is 0 Å². The van der Waals surface area contributed by atoms with E-state index in [0.29, 0.717) is 10.6 Å². The number of benzene rings is 1. The second-order valence-corrected chi connectivity index (χ2v) is 9.30. The molecule has 0 saturated heterocycles. The molecule has 0 bridgehead atoms.